The van der Waals surface area contributed by atoms with Crippen LogP contribution in [0.2, 0.25) is 0 Å². The van der Waals surface area contributed by atoms with Crippen LogP contribution in [0.25, 0.3) is 5.57 Å². The third kappa shape index (κ3) is 5.77. The van der Waals surface area contributed by atoms with E-state index in [0.717, 1.165) is 42.4 Å². The zero-order valence-corrected chi connectivity index (χ0v) is 21.5. The van der Waals surface area contributed by atoms with E-state index in [1.54, 1.807) is 20.1 Å². The first-order chi connectivity index (χ1) is 16.2. The van der Waals surface area contributed by atoms with Crippen LogP contribution in [0.15, 0.2) is 24.0 Å². The highest BCUT2D eigenvalue weighted by Gasteiger charge is 2.41. The molecule has 2 aliphatic heterocycles. The summed E-state index contributed by atoms with van der Waals surface area (Å²) in [6.07, 6.45) is 9.93. The quantitative estimate of drug-likeness (QED) is 0.315. The molecule has 0 aliphatic carbocycles. The SMILES string of the molecule is CCCCCC[C@](C)(O)[C@H]1Cc2c(cc3c(c2OC)C(=CCC(C)C)C=C(C(=O)OCC)O3)O1. The van der Waals surface area contributed by atoms with Crippen LogP contribution in [0.1, 0.15) is 84.3 Å². The molecule has 188 valence electrons. The van der Waals surface area contributed by atoms with Crippen LogP contribution in [0.3, 0.4) is 0 Å². The topological polar surface area (TPSA) is 74.2 Å². The molecule has 0 saturated heterocycles. The predicted molar refractivity (Wildman–Crippen MR) is 133 cm³/mol. The normalized spacial score (nSPS) is 19.6. The zero-order chi connectivity index (χ0) is 24.9. The minimum Gasteiger partial charge on any atom is -0.496 e. The first-order valence-electron chi connectivity index (χ1n) is 12.6. The number of ether oxygens (including phenoxy) is 4. The fraction of sp³-hybridized carbons (Fsp3) is 0.607. The first kappa shape index (κ1) is 26.1. The van der Waals surface area contributed by atoms with Gasteiger partial charge in [-0.1, -0.05) is 52.5 Å². The number of hydrogen-bond donors (Lipinski definition) is 1. The average Bonchev–Trinajstić information content (AvgIpc) is 3.23. The highest BCUT2D eigenvalue weighted by Crippen LogP contribution is 2.50. The Morgan fingerprint density at radius 3 is 2.68 bits per heavy atom. The van der Waals surface area contributed by atoms with Crippen molar-refractivity contribution in [1.82, 2.24) is 0 Å². The predicted octanol–water partition coefficient (Wildman–Crippen LogP) is 5.99. The van der Waals surface area contributed by atoms with Crippen molar-refractivity contribution in [2.45, 2.75) is 91.3 Å². The number of esters is 1. The van der Waals surface area contributed by atoms with Crippen molar-refractivity contribution in [2.75, 3.05) is 13.7 Å². The summed E-state index contributed by atoms with van der Waals surface area (Å²) in [5.41, 5.74) is 1.64. The Morgan fingerprint density at radius 1 is 1.26 bits per heavy atom. The van der Waals surface area contributed by atoms with Crippen LogP contribution in [0.4, 0.5) is 0 Å². The number of hydrogen-bond acceptors (Lipinski definition) is 6. The number of benzene rings is 1. The van der Waals surface area contributed by atoms with Gasteiger partial charge in [0.25, 0.3) is 0 Å². The monoisotopic (exact) mass is 472 g/mol. The summed E-state index contributed by atoms with van der Waals surface area (Å²) in [6, 6.07) is 1.82. The molecule has 6 heteroatoms. The van der Waals surface area contributed by atoms with Gasteiger partial charge in [-0.3, -0.25) is 0 Å². The summed E-state index contributed by atoms with van der Waals surface area (Å²) in [4.78, 5) is 12.5. The molecule has 0 radical (unpaired) electrons. The summed E-state index contributed by atoms with van der Waals surface area (Å²) in [7, 11) is 1.64. The molecule has 1 aromatic carbocycles. The Balaban J connectivity index is 1.96. The van der Waals surface area contributed by atoms with Gasteiger partial charge >= 0.3 is 5.97 Å². The van der Waals surface area contributed by atoms with Crippen LogP contribution in [0, 0.1) is 5.92 Å². The maximum absolute atomic E-state index is 12.5. The fourth-order valence-electron chi connectivity index (χ4n) is 4.52. The van der Waals surface area contributed by atoms with Crippen molar-refractivity contribution in [3.63, 3.8) is 0 Å². The Bertz CT molecular complexity index is 941. The molecule has 1 N–H and O–H groups in total. The lowest BCUT2D eigenvalue weighted by molar-refractivity contribution is -0.141. The molecule has 0 amide bonds. The summed E-state index contributed by atoms with van der Waals surface area (Å²) in [5, 5.41) is 11.2. The number of fused-ring (bicyclic) bond motifs is 2. The van der Waals surface area contributed by atoms with Gasteiger partial charge in [-0.2, -0.15) is 0 Å². The van der Waals surface area contributed by atoms with E-state index in [4.69, 9.17) is 18.9 Å². The summed E-state index contributed by atoms with van der Waals surface area (Å²) < 4.78 is 23.3. The summed E-state index contributed by atoms with van der Waals surface area (Å²) in [5.74, 6) is 1.89. The van der Waals surface area contributed by atoms with E-state index in [0.29, 0.717) is 36.0 Å². The first-order valence-corrected chi connectivity index (χ1v) is 12.6. The van der Waals surface area contributed by atoms with E-state index in [2.05, 4.69) is 26.8 Å². The summed E-state index contributed by atoms with van der Waals surface area (Å²) in [6.45, 7) is 10.4. The second kappa shape index (κ2) is 11.3. The Kier molecular flexibility index (Phi) is 8.69. The highest BCUT2D eigenvalue weighted by molar-refractivity contribution is 5.95. The Labute approximate surface area is 203 Å². The molecule has 0 unspecified atom stereocenters. The zero-order valence-electron chi connectivity index (χ0n) is 21.5. The second-order valence-electron chi connectivity index (χ2n) is 9.86. The van der Waals surface area contributed by atoms with Crippen molar-refractivity contribution in [2.24, 2.45) is 5.92 Å². The third-order valence-corrected chi connectivity index (χ3v) is 6.48. The van der Waals surface area contributed by atoms with Crippen LogP contribution < -0.4 is 14.2 Å². The number of allylic oxidation sites excluding steroid dienone is 3. The third-order valence-electron chi connectivity index (χ3n) is 6.48. The molecule has 3 rings (SSSR count). The molecule has 2 atom stereocenters. The number of carbonyl (C=O) groups excluding carboxylic acids is 1. The summed E-state index contributed by atoms with van der Waals surface area (Å²) >= 11 is 0. The smallest absolute Gasteiger partial charge is 0.374 e. The van der Waals surface area contributed by atoms with Gasteiger partial charge < -0.3 is 24.1 Å². The molecule has 2 aliphatic rings. The maximum atomic E-state index is 12.5. The molecule has 0 aromatic heterocycles. The Hall–Kier alpha value is -2.47. The van der Waals surface area contributed by atoms with Crippen molar-refractivity contribution < 1.29 is 28.8 Å². The van der Waals surface area contributed by atoms with Gasteiger partial charge in [0.2, 0.25) is 5.76 Å². The molecule has 34 heavy (non-hydrogen) atoms. The van der Waals surface area contributed by atoms with Crippen LogP contribution >= 0.6 is 0 Å². The van der Waals surface area contributed by atoms with E-state index in [-0.39, 0.29) is 18.5 Å². The van der Waals surface area contributed by atoms with Crippen LogP contribution in [-0.4, -0.2) is 36.5 Å². The molecule has 6 nitrogen and oxygen atoms in total. The second-order valence-corrected chi connectivity index (χ2v) is 9.86. The minimum absolute atomic E-state index is 0.142. The largest absolute Gasteiger partial charge is 0.496 e. The van der Waals surface area contributed by atoms with E-state index >= 15 is 0 Å². The lowest BCUT2D eigenvalue weighted by Crippen LogP contribution is -2.42. The molecule has 0 saturated carbocycles. The standard InChI is InChI=1S/C28H40O6/c1-7-9-10-11-14-28(5,30)24-16-20-21(34-24)17-22-25(26(20)31-6)19(13-12-18(3)4)15-23(33-22)27(29)32-8-2/h13,15,17-18,24,30H,7-12,14,16H2,1-6H3/t24-,28+/m1/s1. The van der Waals surface area contributed by atoms with E-state index < -0.39 is 11.6 Å². The lowest BCUT2D eigenvalue weighted by Gasteiger charge is -2.29. The van der Waals surface area contributed by atoms with E-state index in [1.807, 2.05) is 13.0 Å². The van der Waals surface area contributed by atoms with Gasteiger partial charge in [-0.25, -0.2) is 4.79 Å². The van der Waals surface area contributed by atoms with Crippen LogP contribution in [0.5, 0.6) is 17.2 Å². The van der Waals surface area contributed by atoms with Gasteiger partial charge in [-0.05, 0) is 44.3 Å². The number of carbonyl (C=O) groups is 1. The number of methoxy groups -OCH3 is 1. The van der Waals surface area contributed by atoms with Crippen molar-refractivity contribution in [1.29, 1.82) is 0 Å². The molecule has 2 heterocycles. The van der Waals surface area contributed by atoms with Gasteiger partial charge in [-0.15, -0.1) is 0 Å². The number of unbranched alkanes of at least 4 members (excludes halogenated alkanes) is 3. The fourth-order valence-corrected chi connectivity index (χ4v) is 4.52. The van der Waals surface area contributed by atoms with Gasteiger partial charge in [0.1, 0.15) is 23.4 Å². The van der Waals surface area contributed by atoms with Crippen molar-refractivity contribution >= 4 is 11.5 Å². The van der Waals surface area contributed by atoms with E-state index in [9.17, 15) is 9.90 Å². The number of aliphatic hydroxyl groups is 1. The maximum Gasteiger partial charge on any atom is 0.374 e. The number of rotatable bonds is 11. The van der Waals surface area contributed by atoms with Gasteiger partial charge in [0.15, 0.2) is 0 Å². The molecule has 0 fully saturated rings. The molecule has 0 spiro atoms. The Morgan fingerprint density at radius 2 is 2.03 bits per heavy atom. The van der Waals surface area contributed by atoms with Gasteiger partial charge in [0, 0.05) is 18.1 Å². The minimum atomic E-state index is -0.955. The molecule has 1 aromatic rings. The van der Waals surface area contributed by atoms with Crippen molar-refractivity contribution in [3.8, 4) is 17.2 Å². The van der Waals surface area contributed by atoms with Crippen molar-refractivity contribution in [3.05, 3.63) is 35.1 Å². The van der Waals surface area contributed by atoms with Crippen LogP contribution in [-0.2, 0) is 16.0 Å². The average molecular weight is 473 g/mol. The molecular formula is C28H40O6. The lowest BCUT2D eigenvalue weighted by atomic mass is 9.88. The molecular weight excluding hydrogens is 432 g/mol. The van der Waals surface area contributed by atoms with E-state index in [1.165, 1.54) is 6.42 Å². The van der Waals surface area contributed by atoms with Gasteiger partial charge in [0.05, 0.1) is 24.9 Å². The highest BCUT2D eigenvalue weighted by atomic mass is 16.6. The molecule has 0 bridgehead atoms.